The maximum atomic E-state index is 12.9. The maximum Gasteiger partial charge on any atom is 0.265 e. The Morgan fingerprint density at radius 3 is 2.52 bits per heavy atom. The number of benzene rings is 2. The molecule has 1 N–H and O–H groups in total. The van der Waals surface area contributed by atoms with Crippen molar-refractivity contribution in [2.75, 3.05) is 18.9 Å². The van der Waals surface area contributed by atoms with E-state index in [1.165, 1.54) is 38.4 Å². The van der Waals surface area contributed by atoms with Crippen molar-refractivity contribution < 1.29 is 17.9 Å². The van der Waals surface area contributed by atoms with Gasteiger partial charge in [-0.2, -0.15) is 14.6 Å². The second kappa shape index (κ2) is 8.44. The van der Waals surface area contributed by atoms with E-state index in [-0.39, 0.29) is 10.6 Å². The number of ether oxygens (including phenoxy) is 2. The summed E-state index contributed by atoms with van der Waals surface area (Å²) in [4.78, 5) is 9.35. The van der Waals surface area contributed by atoms with Crippen LogP contribution in [0, 0.1) is 6.92 Å². The van der Waals surface area contributed by atoms with Crippen LogP contribution >= 0.6 is 11.8 Å². The van der Waals surface area contributed by atoms with Gasteiger partial charge in [0.2, 0.25) is 0 Å². The molecule has 0 radical (unpaired) electrons. The highest BCUT2D eigenvalue weighted by Crippen LogP contribution is 2.31. The number of sulfonamides is 1. The van der Waals surface area contributed by atoms with Crippen LogP contribution in [0.5, 0.6) is 11.5 Å². The number of rotatable bonds is 7. The zero-order valence-electron chi connectivity index (χ0n) is 16.9. The lowest BCUT2D eigenvalue weighted by Crippen LogP contribution is -2.14. The molecule has 0 fully saturated rings. The van der Waals surface area contributed by atoms with E-state index in [4.69, 9.17) is 9.47 Å². The molecule has 0 amide bonds. The Morgan fingerprint density at radius 2 is 1.81 bits per heavy atom. The molecule has 0 atom stereocenters. The lowest BCUT2D eigenvalue weighted by molar-refractivity contribution is 0.392. The van der Waals surface area contributed by atoms with Gasteiger partial charge in [0.25, 0.3) is 15.8 Å². The van der Waals surface area contributed by atoms with Crippen LogP contribution in [-0.4, -0.2) is 42.2 Å². The van der Waals surface area contributed by atoms with Crippen molar-refractivity contribution in [3.63, 3.8) is 0 Å². The summed E-state index contributed by atoms with van der Waals surface area (Å²) in [5.74, 6) is 1.17. The molecule has 0 saturated carbocycles. The second-order valence-corrected chi connectivity index (χ2v) is 9.20. The van der Waals surface area contributed by atoms with Crippen molar-refractivity contribution in [2.24, 2.45) is 0 Å². The lowest BCUT2D eigenvalue weighted by Gasteiger charge is -2.13. The molecule has 2 aromatic carbocycles. The number of nitrogens with zero attached hydrogens (tertiary/aromatic N) is 4. The molecule has 11 heteroatoms. The number of hydrogen-bond acceptors (Lipinski definition) is 8. The van der Waals surface area contributed by atoms with Crippen LogP contribution in [0.1, 0.15) is 5.69 Å². The third kappa shape index (κ3) is 4.42. The number of anilines is 1. The van der Waals surface area contributed by atoms with Gasteiger partial charge in [0, 0.05) is 22.3 Å². The summed E-state index contributed by atoms with van der Waals surface area (Å²) >= 11 is 1.48. The fourth-order valence-electron chi connectivity index (χ4n) is 2.89. The molecular weight excluding hydrogens is 438 g/mol. The molecule has 0 spiro atoms. The molecule has 0 aliphatic carbocycles. The minimum Gasteiger partial charge on any atom is -0.497 e. The largest absolute Gasteiger partial charge is 0.497 e. The standard InChI is InChI=1S/C20H19N5O4S2/c1-13-10-19(25-20(23-13)21-12-22-25)30-16-7-4-14(5-8-16)24-31(26,27)18-11-15(28-2)6-9-17(18)29-3/h4-12,24H,1-3H3. The third-order valence-electron chi connectivity index (χ3n) is 4.34. The van der Waals surface area contributed by atoms with E-state index in [0.717, 1.165) is 15.6 Å². The number of nitrogens with one attached hydrogen (secondary N) is 1. The Balaban J connectivity index is 1.57. The average Bonchev–Trinajstić information content (AvgIpc) is 3.23. The first-order valence-corrected chi connectivity index (χ1v) is 11.4. The Kier molecular flexibility index (Phi) is 5.70. The molecule has 0 aliphatic rings. The van der Waals surface area contributed by atoms with Crippen molar-refractivity contribution in [1.82, 2.24) is 19.6 Å². The molecule has 0 bridgehead atoms. The minimum atomic E-state index is -3.88. The smallest absolute Gasteiger partial charge is 0.265 e. The highest BCUT2D eigenvalue weighted by molar-refractivity contribution is 7.99. The summed E-state index contributed by atoms with van der Waals surface area (Å²) in [6.45, 7) is 1.89. The monoisotopic (exact) mass is 457 g/mol. The number of fused-ring (bicyclic) bond motifs is 1. The maximum absolute atomic E-state index is 12.9. The van der Waals surface area contributed by atoms with Gasteiger partial charge in [-0.1, -0.05) is 11.8 Å². The molecule has 31 heavy (non-hydrogen) atoms. The van der Waals surface area contributed by atoms with E-state index in [9.17, 15) is 8.42 Å². The van der Waals surface area contributed by atoms with Crippen LogP contribution in [0.25, 0.3) is 5.78 Å². The molecule has 0 unspecified atom stereocenters. The highest BCUT2D eigenvalue weighted by Gasteiger charge is 2.21. The van der Waals surface area contributed by atoms with Crippen molar-refractivity contribution in [2.45, 2.75) is 21.7 Å². The van der Waals surface area contributed by atoms with Gasteiger partial charge in [-0.15, -0.1) is 0 Å². The quantitative estimate of drug-likeness (QED) is 0.421. The van der Waals surface area contributed by atoms with Gasteiger partial charge in [-0.25, -0.2) is 13.4 Å². The van der Waals surface area contributed by atoms with Gasteiger partial charge in [0.15, 0.2) is 0 Å². The van der Waals surface area contributed by atoms with E-state index in [1.54, 1.807) is 28.8 Å². The van der Waals surface area contributed by atoms with Gasteiger partial charge in [0.05, 0.1) is 14.2 Å². The van der Waals surface area contributed by atoms with E-state index >= 15 is 0 Å². The Labute approximate surface area is 183 Å². The summed E-state index contributed by atoms with van der Waals surface area (Å²) in [6, 6.07) is 13.6. The molecule has 2 heterocycles. The van der Waals surface area contributed by atoms with Gasteiger partial charge >= 0.3 is 0 Å². The summed E-state index contributed by atoms with van der Waals surface area (Å²) in [5, 5.41) is 5.05. The predicted octanol–water partition coefficient (Wildman–Crippen LogP) is 3.40. The van der Waals surface area contributed by atoms with Crippen LogP contribution in [0.15, 0.2) is 69.7 Å². The summed E-state index contributed by atoms with van der Waals surface area (Å²) in [5.41, 5.74) is 1.26. The van der Waals surface area contributed by atoms with Crippen LogP contribution in [0.2, 0.25) is 0 Å². The number of aromatic nitrogens is 4. The van der Waals surface area contributed by atoms with Crippen LogP contribution < -0.4 is 14.2 Å². The highest BCUT2D eigenvalue weighted by atomic mass is 32.2. The third-order valence-corrected chi connectivity index (χ3v) is 6.75. The first-order valence-electron chi connectivity index (χ1n) is 9.10. The first kappa shape index (κ1) is 20.9. The molecule has 2 aromatic heterocycles. The second-order valence-electron chi connectivity index (χ2n) is 6.46. The van der Waals surface area contributed by atoms with E-state index in [2.05, 4.69) is 19.8 Å². The van der Waals surface area contributed by atoms with E-state index < -0.39 is 10.0 Å². The van der Waals surface area contributed by atoms with E-state index in [0.29, 0.717) is 17.2 Å². The van der Waals surface area contributed by atoms with Crippen molar-refractivity contribution in [3.8, 4) is 11.5 Å². The number of methoxy groups -OCH3 is 2. The molecule has 4 rings (SSSR count). The fourth-order valence-corrected chi connectivity index (χ4v) is 5.09. The van der Waals surface area contributed by atoms with Crippen LogP contribution in [-0.2, 0) is 10.0 Å². The lowest BCUT2D eigenvalue weighted by atomic mass is 10.3. The topological polar surface area (TPSA) is 108 Å². The van der Waals surface area contributed by atoms with Crippen molar-refractivity contribution in [1.29, 1.82) is 0 Å². The van der Waals surface area contributed by atoms with E-state index in [1.807, 2.05) is 25.1 Å². The van der Waals surface area contributed by atoms with Gasteiger partial charge in [-0.3, -0.25) is 4.72 Å². The molecule has 0 saturated heterocycles. The molecule has 4 aromatic rings. The Morgan fingerprint density at radius 1 is 1.03 bits per heavy atom. The van der Waals surface area contributed by atoms with Crippen LogP contribution in [0.3, 0.4) is 0 Å². The zero-order chi connectivity index (χ0) is 22.0. The summed E-state index contributed by atoms with van der Waals surface area (Å²) in [7, 11) is -0.992. The number of aryl methyl sites for hydroxylation is 1. The van der Waals surface area contributed by atoms with Gasteiger partial charge < -0.3 is 9.47 Å². The Bertz CT molecular complexity index is 1340. The minimum absolute atomic E-state index is 0.00589. The summed E-state index contributed by atoms with van der Waals surface area (Å²) in [6.07, 6.45) is 1.45. The predicted molar refractivity (Wildman–Crippen MR) is 116 cm³/mol. The first-order chi connectivity index (χ1) is 14.9. The summed E-state index contributed by atoms with van der Waals surface area (Å²) < 4.78 is 40.4. The molecule has 0 aliphatic heterocycles. The fraction of sp³-hybridized carbons (Fsp3) is 0.150. The Hall–Kier alpha value is -3.31. The van der Waals surface area contributed by atoms with Gasteiger partial charge in [-0.05, 0) is 49.4 Å². The normalized spacial score (nSPS) is 11.5. The number of hydrogen-bond donors (Lipinski definition) is 1. The van der Waals surface area contributed by atoms with Crippen molar-refractivity contribution in [3.05, 3.63) is 60.6 Å². The molecular formula is C20H19N5O4S2. The zero-order valence-corrected chi connectivity index (χ0v) is 18.6. The van der Waals surface area contributed by atoms with Crippen molar-refractivity contribution >= 4 is 33.3 Å². The van der Waals surface area contributed by atoms with Crippen LogP contribution in [0.4, 0.5) is 5.69 Å². The average molecular weight is 458 g/mol. The molecule has 160 valence electrons. The SMILES string of the molecule is COc1ccc(OC)c(S(=O)(=O)Nc2ccc(Sc3cc(C)nc4ncnn34)cc2)c1. The van der Waals surface area contributed by atoms with Gasteiger partial charge in [0.1, 0.15) is 27.7 Å². The molecule has 9 nitrogen and oxygen atoms in total.